The third-order valence-corrected chi connectivity index (χ3v) is 3.88. The molecule has 0 aromatic heterocycles. The number of methoxy groups -OCH3 is 1. The van der Waals surface area contributed by atoms with E-state index in [-0.39, 0.29) is 29.1 Å². The third kappa shape index (κ3) is 4.33. The number of aromatic carboxylic acids is 1. The molecule has 6 nitrogen and oxygen atoms in total. The van der Waals surface area contributed by atoms with Crippen LogP contribution in [0.1, 0.15) is 47.1 Å². The van der Waals surface area contributed by atoms with Gasteiger partial charge < -0.3 is 19.7 Å². The number of ketones is 1. The van der Waals surface area contributed by atoms with Crippen LogP contribution >= 0.6 is 0 Å². The number of hydrogen-bond donors (Lipinski definition) is 1. The quantitative estimate of drug-likeness (QED) is 0.798. The monoisotopic (exact) mass is 357 g/mol. The van der Waals surface area contributed by atoms with Crippen LogP contribution < -0.4 is 14.6 Å². The Balaban J connectivity index is 2.16. The second-order valence-electron chi connectivity index (χ2n) is 6.84. The van der Waals surface area contributed by atoms with Gasteiger partial charge in [0.05, 0.1) is 12.7 Å². The maximum Gasteiger partial charge on any atom is 0.335 e. The van der Waals surface area contributed by atoms with E-state index < -0.39 is 11.7 Å². The van der Waals surface area contributed by atoms with Crippen molar-refractivity contribution in [3.05, 3.63) is 53.1 Å². The molecule has 0 aliphatic carbocycles. The third-order valence-electron chi connectivity index (χ3n) is 3.88. The highest BCUT2D eigenvalue weighted by Crippen LogP contribution is 2.32. The molecule has 1 N–H and O–H groups in total. The molecule has 6 heteroatoms. The van der Waals surface area contributed by atoms with Gasteiger partial charge in [0.2, 0.25) is 0 Å². The van der Waals surface area contributed by atoms with Crippen LogP contribution in [0.2, 0.25) is 0 Å². The van der Waals surface area contributed by atoms with E-state index in [1.54, 1.807) is 25.3 Å². The Morgan fingerprint density at radius 2 is 1.81 bits per heavy atom. The number of Topliss-reactive ketones (excluding diaryl/α,β-unsaturated/α-hetero) is 1. The number of carbonyl (C=O) groups is 2. The van der Waals surface area contributed by atoms with Gasteiger partial charge in [0, 0.05) is 11.1 Å². The fraction of sp³-hybridized carbons (Fsp3) is 0.300. The molecule has 0 aliphatic rings. The highest BCUT2D eigenvalue weighted by Gasteiger charge is 2.21. The highest BCUT2D eigenvalue weighted by atomic mass is 16.5. The molecule has 0 heterocycles. The lowest BCUT2D eigenvalue weighted by Crippen LogP contribution is -2.16. The van der Waals surface area contributed by atoms with Crippen molar-refractivity contribution in [3.63, 3.8) is 0 Å². The van der Waals surface area contributed by atoms with E-state index >= 15 is 0 Å². The largest absolute Gasteiger partial charge is 0.872 e. The fourth-order valence-corrected chi connectivity index (χ4v) is 2.47. The Hall–Kier alpha value is -3.02. The minimum Gasteiger partial charge on any atom is -0.872 e. The van der Waals surface area contributed by atoms with Crippen LogP contribution in [0.5, 0.6) is 17.2 Å². The van der Waals surface area contributed by atoms with E-state index in [9.17, 15) is 14.7 Å². The van der Waals surface area contributed by atoms with E-state index in [0.29, 0.717) is 11.3 Å². The van der Waals surface area contributed by atoms with E-state index in [2.05, 4.69) is 0 Å². The van der Waals surface area contributed by atoms with E-state index in [1.165, 1.54) is 6.07 Å². The summed E-state index contributed by atoms with van der Waals surface area (Å²) in [5.41, 5.74) is 0.833. The zero-order chi connectivity index (χ0) is 19.5. The van der Waals surface area contributed by atoms with Crippen LogP contribution in [0, 0.1) is 0 Å². The normalized spacial score (nSPS) is 11.1. The molecule has 2 rings (SSSR count). The molecule has 0 saturated carbocycles. The lowest BCUT2D eigenvalue weighted by molar-refractivity contribution is -0.268. The average Bonchev–Trinajstić information content (AvgIpc) is 2.58. The minimum atomic E-state index is -1.30. The van der Waals surface area contributed by atoms with Crippen molar-refractivity contribution >= 4 is 11.8 Å². The molecular weight excluding hydrogens is 336 g/mol. The Labute approximate surface area is 152 Å². The standard InChI is InChI=1S/C20H22O6/c1-20(2,3)15-9-12(5-8-18(15)25-4)17(22)11-26-13-6-7-14(19(23)24)16(21)10-13/h5-10,21H,11H2,1-4H3,(H,23,24)/p-1. The van der Waals surface area contributed by atoms with Crippen molar-refractivity contribution in [2.45, 2.75) is 26.2 Å². The molecule has 2 aromatic carbocycles. The van der Waals surface area contributed by atoms with E-state index in [0.717, 1.165) is 17.7 Å². The smallest absolute Gasteiger partial charge is 0.335 e. The van der Waals surface area contributed by atoms with Crippen LogP contribution in [-0.2, 0) is 5.41 Å². The van der Waals surface area contributed by atoms with Crippen molar-refractivity contribution in [2.75, 3.05) is 13.7 Å². The van der Waals surface area contributed by atoms with Crippen molar-refractivity contribution in [1.29, 1.82) is 0 Å². The van der Waals surface area contributed by atoms with Gasteiger partial charge in [0.15, 0.2) is 12.4 Å². The molecule has 138 valence electrons. The first-order valence-electron chi connectivity index (χ1n) is 8.02. The molecule has 0 aliphatic heterocycles. The number of carboxylic acid groups (broad SMARTS) is 1. The first-order chi connectivity index (χ1) is 12.1. The summed E-state index contributed by atoms with van der Waals surface area (Å²) < 4.78 is 10.7. The molecule has 0 bridgehead atoms. The van der Waals surface area contributed by atoms with Crippen LogP contribution in [0.25, 0.3) is 0 Å². The summed E-state index contributed by atoms with van der Waals surface area (Å²) in [4.78, 5) is 23.3. The summed E-state index contributed by atoms with van der Waals surface area (Å²) in [5.74, 6) is -1.37. The topological polar surface area (TPSA) is 95.9 Å². The van der Waals surface area contributed by atoms with Crippen LogP contribution in [0.15, 0.2) is 36.4 Å². The Bertz CT molecular complexity index is 833. The van der Waals surface area contributed by atoms with Crippen molar-refractivity contribution < 1.29 is 29.3 Å². The zero-order valence-corrected chi connectivity index (χ0v) is 15.2. The van der Waals surface area contributed by atoms with Crippen molar-refractivity contribution in [1.82, 2.24) is 0 Å². The number of hydrogen-bond acceptors (Lipinski definition) is 5. The summed E-state index contributed by atoms with van der Waals surface area (Å²) in [6, 6.07) is 8.75. The summed E-state index contributed by atoms with van der Waals surface area (Å²) in [5, 5.41) is 20.5. The number of ether oxygens (including phenoxy) is 2. The zero-order valence-electron chi connectivity index (χ0n) is 15.2. The van der Waals surface area contributed by atoms with Gasteiger partial charge in [0.1, 0.15) is 11.5 Å². The lowest BCUT2D eigenvalue weighted by atomic mass is 9.85. The predicted molar refractivity (Wildman–Crippen MR) is 94.4 cm³/mol. The number of carbonyl (C=O) groups excluding carboxylic acids is 1. The Morgan fingerprint density at radius 1 is 1.12 bits per heavy atom. The van der Waals surface area contributed by atoms with Gasteiger partial charge in [-0.15, -0.1) is 0 Å². The van der Waals surface area contributed by atoms with Gasteiger partial charge in [-0.2, -0.15) is 0 Å². The second kappa shape index (κ2) is 7.47. The van der Waals surface area contributed by atoms with Crippen LogP contribution in [0.3, 0.4) is 0 Å². The number of rotatable bonds is 6. The average molecular weight is 357 g/mol. The molecule has 2 aromatic rings. The summed E-state index contributed by atoms with van der Waals surface area (Å²) in [6.45, 7) is 5.81. The first-order valence-corrected chi connectivity index (χ1v) is 8.02. The summed E-state index contributed by atoms with van der Waals surface area (Å²) >= 11 is 0. The highest BCUT2D eigenvalue weighted by molar-refractivity contribution is 5.97. The molecule has 0 radical (unpaired) electrons. The van der Waals surface area contributed by atoms with Gasteiger partial charge >= 0.3 is 5.97 Å². The molecule has 0 saturated heterocycles. The molecule has 0 spiro atoms. The summed E-state index contributed by atoms with van der Waals surface area (Å²) in [7, 11) is 1.58. The maximum atomic E-state index is 12.4. The molecule has 0 atom stereocenters. The molecule has 26 heavy (non-hydrogen) atoms. The number of benzene rings is 2. The number of carboxylic acids is 1. The summed E-state index contributed by atoms with van der Waals surface area (Å²) in [6.07, 6.45) is 0. The molecule has 0 amide bonds. The van der Waals surface area contributed by atoms with Gasteiger partial charge in [-0.25, -0.2) is 4.79 Å². The van der Waals surface area contributed by atoms with Crippen LogP contribution in [0.4, 0.5) is 0 Å². The van der Waals surface area contributed by atoms with Crippen molar-refractivity contribution in [3.8, 4) is 17.2 Å². The minimum absolute atomic E-state index is 0.151. The lowest BCUT2D eigenvalue weighted by Gasteiger charge is -2.22. The predicted octanol–water partition coefficient (Wildman–Crippen LogP) is 3.03. The van der Waals surface area contributed by atoms with E-state index in [1.807, 2.05) is 20.8 Å². The van der Waals surface area contributed by atoms with E-state index in [4.69, 9.17) is 14.6 Å². The molecule has 0 unspecified atom stereocenters. The Morgan fingerprint density at radius 3 is 2.35 bits per heavy atom. The second-order valence-corrected chi connectivity index (χ2v) is 6.84. The Kier molecular flexibility index (Phi) is 5.55. The van der Waals surface area contributed by atoms with Crippen LogP contribution in [-0.4, -0.2) is 30.6 Å². The fourth-order valence-electron chi connectivity index (χ4n) is 2.47. The SMILES string of the molecule is COc1ccc(C(=O)COc2ccc(C(=O)O)c([O-])c2)cc1C(C)(C)C. The van der Waals surface area contributed by atoms with Gasteiger partial charge in [0.25, 0.3) is 0 Å². The van der Waals surface area contributed by atoms with Gasteiger partial charge in [-0.3, -0.25) is 4.79 Å². The first kappa shape index (κ1) is 19.3. The van der Waals surface area contributed by atoms with Gasteiger partial charge in [-0.05, 0) is 41.8 Å². The molecular formula is C20H21O6-. The van der Waals surface area contributed by atoms with Gasteiger partial charge in [-0.1, -0.05) is 26.5 Å². The maximum absolute atomic E-state index is 12.4. The molecule has 0 fully saturated rings. The van der Waals surface area contributed by atoms with Crippen molar-refractivity contribution in [2.24, 2.45) is 0 Å².